The van der Waals surface area contributed by atoms with Gasteiger partial charge in [0.25, 0.3) is 0 Å². The Morgan fingerprint density at radius 2 is 0.983 bits per heavy atom. The maximum Gasteiger partial charge on any atom is 0.238 e. The van der Waals surface area contributed by atoms with E-state index >= 15 is 0 Å². The molecule has 0 bridgehead atoms. The number of fused-ring (bicyclic) bond motifs is 5. The highest BCUT2D eigenvalue weighted by Gasteiger charge is 2.24. The minimum atomic E-state index is 0.521. The van der Waals surface area contributed by atoms with Gasteiger partial charge in [-0.1, -0.05) is 158 Å². The van der Waals surface area contributed by atoms with Gasteiger partial charge in [-0.15, -0.1) is 0 Å². The molecule has 6 aromatic carbocycles. The minimum Gasteiger partial charge on any atom is -0.294 e. The maximum absolute atomic E-state index is 5.38. The highest BCUT2D eigenvalue weighted by atomic mass is 15.2. The predicted octanol–water partition coefficient (Wildman–Crippen LogP) is 12.0. The van der Waals surface area contributed by atoms with Crippen molar-refractivity contribution in [2.45, 2.75) is 0 Å². The van der Waals surface area contributed by atoms with Gasteiger partial charge in [0.15, 0.2) is 11.6 Å². The summed E-state index contributed by atoms with van der Waals surface area (Å²) >= 11 is 0. The lowest BCUT2D eigenvalue weighted by molar-refractivity contribution is 0.935. The van der Waals surface area contributed by atoms with E-state index in [2.05, 4.69) is 118 Å². The lowest BCUT2D eigenvalue weighted by atomic mass is 10.0. The highest BCUT2D eigenvalue weighted by Crippen LogP contribution is 2.42. The van der Waals surface area contributed by atoms with Crippen molar-refractivity contribution in [3.8, 4) is 68.1 Å². The summed E-state index contributed by atoms with van der Waals surface area (Å²) in [5.41, 5.74) is 11.1. The fourth-order valence-electron chi connectivity index (χ4n) is 8.01. The SMILES string of the molecule is c1ccc(-c2cc(-c3ccccc3)nc(-n3c4ccncc4c4c5c(ccc43)c(-c3ccccc3)cn5-c3nc(-c4ccccc4)nc(-c4ccccc4)n3)c2)cc1. The molecular weight excluding hydrogens is 711 g/mol. The largest absolute Gasteiger partial charge is 0.294 e. The lowest BCUT2D eigenvalue weighted by Gasteiger charge is -2.13. The maximum atomic E-state index is 5.38. The monoisotopic (exact) mass is 743 g/mol. The summed E-state index contributed by atoms with van der Waals surface area (Å²) in [5.74, 6) is 2.52. The molecule has 0 amide bonds. The van der Waals surface area contributed by atoms with Gasteiger partial charge in [-0.05, 0) is 41.0 Å². The first-order valence-electron chi connectivity index (χ1n) is 19.2. The summed E-state index contributed by atoms with van der Waals surface area (Å²) in [4.78, 5) is 25.5. The van der Waals surface area contributed by atoms with Gasteiger partial charge in [0.2, 0.25) is 5.95 Å². The van der Waals surface area contributed by atoms with E-state index in [4.69, 9.17) is 24.9 Å². The van der Waals surface area contributed by atoms with E-state index in [1.165, 1.54) is 0 Å². The van der Waals surface area contributed by atoms with Crippen LogP contribution in [0.15, 0.2) is 201 Å². The number of nitrogens with zero attached hydrogens (tertiary/aromatic N) is 7. The Balaban J connectivity index is 1.24. The van der Waals surface area contributed by atoms with E-state index in [0.29, 0.717) is 17.6 Å². The van der Waals surface area contributed by atoms with Crippen LogP contribution >= 0.6 is 0 Å². The zero-order valence-corrected chi connectivity index (χ0v) is 31.2. The third-order valence-corrected chi connectivity index (χ3v) is 10.7. The van der Waals surface area contributed by atoms with Crippen LogP contribution in [0.3, 0.4) is 0 Å². The van der Waals surface area contributed by atoms with E-state index in [1.54, 1.807) is 0 Å². The molecule has 5 heterocycles. The Bertz CT molecular complexity index is 3140. The van der Waals surface area contributed by atoms with Crippen LogP contribution in [0, 0.1) is 0 Å². The zero-order chi connectivity index (χ0) is 38.4. The second-order valence-electron chi connectivity index (χ2n) is 14.2. The fraction of sp³-hybridized carbons (Fsp3) is 0. The van der Waals surface area contributed by atoms with Crippen molar-refractivity contribution in [2.24, 2.45) is 0 Å². The van der Waals surface area contributed by atoms with Gasteiger partial charge in [-0.2, -0.15) is 9.97 Å². The molecule has 0 N–H and O–H groups in total. The first-order chi connectivity index (χ1) is 28.8. The van der Waals surface area contributed by atoms with Crippen LogP contribution in [0.5, 0.6) is 0 Å². The Kier molecular flexibility index (Phi) is 8.00. The van der Waals surface area contributed by atoms with Gasteiger partial charge in [0, 0.05) is 57.0 Å². The molecule has 11 rings (SSSR count). The second-order valence-corrected chi connectivity index (χ2v) is 14.2. The normalized spacial score (nSPS) is 11.4. The molecule has 0 aliphatic carbocycles. The summed E-state index contributed by atoms with van der Waals surface area (Å²) in [7, 11) is 0. The van der Waals surface area contributed by atoms with E-state index < -0.39 is 0 Å². The van der Waals surface area contributed by atoms with Crippen LogP contribution in [0.1, 0.15) is 0 Å². The van der Waals surface area contributed by atoms with Crippen LogP contribution < -0.4 is 0 Å². The summed E-state index contributed by atoms with van der Waals surface area (Å²) < 4.78 is 4.41. The molecule has 0 atom stereocenters. The average molecular weight is 744 g/mol. The second kappa shape index (κ2) is 13.9. The molecule has 0 aliphatic heterocycles. The van der Waals surface area contributed by atoms with Gasteiger partial charge in [0.05, 0.1) is 22.2 Å². The first-order valence-corrected chi connectivity index (χ1v) is 19.2. The van der Waals surface area contributed by atoms with E-state index in [0.717, 1.165) is 83.2 Å². The lowest BCUT2D eigenvalue weighted by Crippen LogP contribution is -2.06. The minimum absolute atomic E-state index is 0.521. The molecule has 0 saturated heterocycles. The first kappa shape index (κ1) is 33.3. The number of aromatic nitrogens is 7. The van der Waals surface area contributed by atoms with Crippen molar-refractivity contribution in [3.63, 3.8) is 0 Å². The number of hydrogen-bond donors (Lipinski definition) is 0. The molecular formula is C51H33N7. The molecule has 0 saturated carbocycles. The summed E-state index contributed by atoms with van der Waals surface area (Å²) in [6.07, 6.45) is 5.98. The van der Waals surface area contributed by atoms with Crippen molar-refractivity contribution >= 4 is 32.7 Å². The van der Waals surface area contributed by atoms with Crippen molar-refractivity contribution in [3.05, 3.63) is 201 Å². The van der Waals surface area contributed by atoms with E-state index in [9.17, 15) is 0 Å². The summed E-state index contributed by atoms with van der Waals surface area (Å²) in [6.45, 7) is 0. The van der Waals surface area contributed by atoms with Crippen molar-refractivity contribution in [1.82, 2.24) is 34.1 Å². The summed E-state index contributed by atoms with van der Waals surface area (Å²) in [5, 5.41) is 3.09. The third-order valence-electron chi connectivity index (χ3n) is 10.7. The molecule has 0 fully saturated rings. The number of hydrogen-bond acceptors (Lipinski definition) is 5. The van der Waals surface area contributed by atoms with Crippen molar-refractivity contribution < 1.29 is 0 Å². The van der Waals surface area contributed by atoms with Gasteiger partial charge >= 0.3 is 0 Å². The quantitative estimate of drug-likeness (QED) is 0.162. The molecule has 58 heavy (non-hydrogen) atoms. The number of benzene rings is 6. The van der Waals surface area contributed by atoms with Crippen molar-refractivity contribution in [2.75, 3.05) is 0 Å². The Hall–Kier alpha value is -8.03. The Morgan fingerprint density at radius 1 is 0.414 bits per heavy atom. The fourth-order valence-corrected chi connectivity index (χ4v) is 8.01. The molecule has 5 aromatic heterocycles. The van der Waals surface area contributed by atoms with Gasteiger partial charge < -0.3 is 0 Å². The molecule has 11 aromatic rings. The average Bonchev–Trinajstić information content (AvgIpc) is 3.87. The smallest absolute Gasteiger partial charge is 0.238 e. The highest BCUT2D eigenvalue weighted by molar-refractivity contribution is 6.22. The Labute approximate surface area is 334 Å². The predicted molar refractivity (Wildman–Crippen MR) is 234 cm³/mol. The zero-order valence-electron chi connectivity index (χ0n) is 31.2. The molecule has 0 spiro atoms. The molecule has 0 aliphatic rings. The van der Waals surface area contributed by atoms with Crippen LogP contribution in [-0.2, 0) is 0 Å². The molecule has 272 valence electrons. The molecule has 7 nitrogen and oxygen atoms in total. The molecule has 7 heteroatoms. The van der Waals surface area contributed by atoms with Gasteiger partial charge in [-0.25, -0.2) is 9.97 Å². The van der Waals surface area contributed by atoms with Crippen LogP contribution in [0.4, 0.5) is 0 Å². The molecule has 0 radical (unpaired) electrons. The van der Waals surface area contributed by atoms with Crippen LogP contribution in [0.2, 0.25) is 0 Å². The van der Waals surface area contributed by atoms with Gasteiger partial charge in [0.1, 0.15) is 5.82 Å². The van der Waals surface area contributed by atoms with Gasteiger partial charge in [-0.3, -0.25) is 14.1 Å². The van der Waals surface area contributed by atoms with E-state index in [-0.39, 0.29) is 0 Å². The van der Waals surface area contributed by atoms with Crippen LogP contribution in [-0.4, -0.2) is 34.1 Å². The van der Waals surface area contributed by atoms with Crippen LogP contribution in [0.25, 0.3) is 101 Å². The topological polar surface area (TPSA) is 74.3 Å². The summed E-state index contributed by atoms with van der Waals surface area (Å²) in [6, 6.07) is 62.4. The number of rotatable bonds is 7. The standard InChI is InChI=1S/C51H33N7/c1-6-16-34(17-7-1)39-30-43(36-20-10-3-11-21-36)53-46(31-39)58-44-28-29-52-32-41(44)47-45(58)27-26-40-42(35-18-8-2-9-19-35)33-57(48(40)47)51-55-49(37-22-12-4-13-23-37)54-50(56-51)38-24-14-5-15-25-38/h1-33H. The molecule has 0 unspecified atom stereocenters. The number of pyridine rings is 2. The van der Waals surface area contributed by atoms with E-state index in [1.807, 2.05) is 91.3 Å². The Morgan fingerprint density at radius 3 is 1.60 bits per heavy atom. The van der Waals surface area contributed by atoms with Crippen molar-refractivity contribution in [1.29, 1.82) is 0 Å². The third kappa shape index (κ3) is 5.72.